The van der Waals surface area contributed by atoms with Crippen molar-refractivity contribution in [3.63, 3.8) is 0 Å². The molecular formula is C17H21N3O3. The Morgan fingerprint density at radius 2 is 2.22 bits per heavy atom. The fraction of sp³-hybridized carbons (Fsp3) is 0.412. The molecule has 6 heteroatoms. The average molecular weight is 315 g/mol. The maximum Gasteiger partial charge on any atom is 0.237 e. The van der Waals surface area contributed by atoms with Crippen LogP contribution in [0.4, 0.5) is 0 Å². The van der Waals surface area contributed by atoms with Gasteiger partial charge in [-0.2, -0.15) is 0 Å². The molecule has 1 aromatic heterocycles. The van der Waals surface area contributed by atoms with Crippen LogP contribution < -0.4 is 10.6 Å². The SMILES string of the molecule is Cc1ccc(-c2nc(CCNC(=O)C3CC(O)CN3)co2)cc1. The second-order valence-electron chi connectivity index (χ2n) is 5.90. The Kier molecular flexibility index (Phi) is 4.73. The van der Waals surface area contributed by atoms with Crippen LogP contribution in [0.2, 0.25) is 0 Å². The summed E-state index contributed by atoms with van der Waals surface area (Å²) in [6.07, 6.45) is 2.27. The number of aliphatic hydroxyl groups is 1. The van der Waals surface area contributed by atoms with Crippen LogP contribution in [-0.4, -0.2) is 41.2 Å². The van der Waals surface area contributed by atoms with Crippen LogP contribution in [0.5, 0.6) is 0 Å². The minimum atomic E-state index is -0.432. The monoisotopic (exact) mass is 315 g/mol. The number of hydrogen-bond donors (Lipinski definition) is 3. The number of amides is 1. The molecule has 1 aliphatic rings. The third kappa shape index (κ3) is 3.97. The molecule has 1 amide bonds. The Hall–Kier alpha value is -2.18. The van der Waals surface area contributed by atoms with Crippen LogP contribution in [0.25, 0.3) is 11.5 Å². The predicted octanol–water partition coefficient (Wildman–Crippen LogP) is 1.03. The molecule has 122 valence electrons. The maximum atomic E-state index is 11.9. The molecule has 2 unspecified atom stereocenters. The number of aliphatic hydroxyl groups excluding tert-OH is 1. The summed E-state index contributed by atoms with van der Waals surface area (Å²) < 4.78 is 5.49. The molecule has 0 spiro atoms. The normalized spacial score (nSPS) is 20.6. The number of nitrogens with zero attached hydrogens (tertiary/aromatic N) is 1. The molecule has 0 aliphatic carbocycles. The number of rotatable bonds is 5. The van der Waals surface area contributed by atoms with Gasteiger partial charge in [0, 0.05) is 25.1 Å². The smallest absolute Gasteiger partial charge is 0.237 e. The van der Waals surface area contributed by atoms with Gasteiger partial charge in [-0.25, -0.2) is 4.98 Å². The molecule has 2 atom stereocenters. The van der Waals surface area contributed by atoms with Gasteiger partial charge in [0.05, 0.1) is 17.8 Å². The second-order valence-corrected chi connectivity index (χ2v) is 5.90. The zero-order valence-corrected chi connectivity index (χ0v) is 13.1. The van der Waals surface area contributed by atoms with Crippen LogP contribution in [0, 0.1) is 6.92 Å². The molecule has 0 saturated carbocycles. The van der Waals surface area contributed by atoms with Crippen molar-refractivity contribution in [2.45, 2.75) is 31.9 Å². The fourth-order valence-corrected chi connectivity index (χ4v) is 2.60. The summed E-state index contributed by atoms with van der Waals surface area (Å²) in [5.41, 5.74) is 2.93. The molecule has 2 aromatic rings. The molecule has 6 nitrogen and oxygen atoms in total. The lowest BCUT2D eigenvalue weighted by Crippen LogP contribution is -2.41. The van der Waals surface area contributed by atoms with Gasteiger partial charge in [0.1, 0.15) is 6.26 Å². The number of benzene rings is 1. The number of nitrogens with one attached hydrogen (secondary N) is 2. The minimum Gasteiger partial charge on any atom is -0.444 e. The molecule has 1 fully saturated rings. The number of hydrogen-bond acceptors (Lipinski definition) is 5. The van der Waals surface area contributed by atoms with Crippen LogP contribution in [-0.2, 0) is 11.2 Å². The first-order valence-electron chi connectivity index (χ1n) is 7.82. The van der Waals surface area contributed by atoms with Crippen LogP contribution >= 0.6 is 0 Å². The van der Waals surface area contributed by atoms with E-state index in [0.29, 0.717) is 31.8 Å². The van der Waals surface area contributed by atoms with Gasteiger partial charge in [0.25, 0.3) is 0 Å². The van der Waals surface area contributed by atoms with Crippen molar-refractivity contribution in [3.8, 4) is 11.5 Å². The summed E-state index contributed by atoms with van der Waals surface area (Å²) in [4.78, 5) is 16.4. The minimum absolute atomic E-state index is 0.0798. The Labute approximate surface area is 134 Å². The van der Waals surface area contributed by atoms with E-state index in [9.17, 15) is 9.90 Å². The zero-order chi connectivity index (χ0) is 16.2. The quantitative estimate of drug-likeness (QED) is 0.767. The van der Waals surface area contributed by atoms with E-state index in [0.717, 1.165) is 11.3 Å². The highest BCUT2D eigenvalue weighted by atomic mass is 16.3. The Balaban J connectivity index is 1.49. The number of aromatic nitrogens is 1. The lowest BCUT2D eigenvalue weighted by molar-refractivity contribution is -0.122. The third-order valence-corrected chi connectivity index (χ3v) is 3.95. The van der Waals surface area contributed by atoms with Crippen molar-refractivity contribution >= 4 is 5.91 Å². The first-order valence-corrected chi connectivity index (χ1v) is 7.82. The summed E-state index contributed by atoms with van der Waals surface area (Å²) in [6, 6.07) is 7.68. The molecule has 0 radical (unpaired) electrons. The van der Waals surface area contributed by atoms with E-state index in [-0.39, 0.29) is 11.9 Å². The first-order chi connectivity index (χ1) is 11.1. The summed E-state index contributed by atoms with van der Waals surface area (Å²) >= 11 is 0. The maximum absolute atomic E-state index is 11.9. The van der Waals surface area contributed by atoms with Gasteiger partial charge in [-0.3, -0.25) is 4.79 Å². The standard InChI is InChI=1S/C17H21N3O3/c1-11-2-4-12(5-3-11)17-20-13(10-23-17)6-7-18-16(22)15-8-14(21)9-19-15/h2-5,10,14-15,19,21H,6-9H2,1H3,(H,18,22). The average Bonchev–Trinajstić information content (AvgIpc) is 3.17. The number of oxazole rings is 1. The lowest BCUT2D eigenvalue weighted by Gasteiger charge is -2.10. The Morgan fingerprint density at radius 1 is 1.43 bits per heavy atom. The topological polar surface area (TPSA) is 87.4 Å². The van der Waals surface area contributed by atoms with Crippen molar-refractivity contribution in [1.82, 2.24) is 15.6 Å². The van der Waals surface area contributed by atoms with Crippen molar-refractivity contribution in [3.05, 3.63) is 41.8 Å². The predicted molar refractivity (Wildman–Crippen MR) is 85.8 cm³/mol. The second kappa shape index (κ2) is 6.93. The number of carbonyl (C=O) groups excluding carboxylic acids is 1. The Bertz CT molecular complexity index is 666. The van der Waals surface area contributed by atoms with Crippen molar-refractivity contribution in [2.75, 3.05) is 13.1 Å². The molecule has 0 bridgehead atoms. The van der Waals surface area contributed by atoms with Crippen LogP contribution in [0.15, 0.2) is 34.9 Å². The van der Waals surface area contributed by atoms with Crippen molar-refractivity contribution < 1.29 is 14.3 Å². The lowest BCUT2D eigenvalue weighted by atomic mass is 10.1. The van der Waals surface area contributed by atoms with Gasteiger partial charge in [0.2, 0.25) is 11.8 Å². The van der Waals surface area contributed by atoms with Gasteiger partial charge in [-0.05, 0) is 25.5 Å². The molecule has 2 heterocycles. The first kappa shape index (κ1) is 15.7. The highest BCUT2D eigenvalue weighted by Gasteiger charge is 2.27. The summed E-state index contributed by atoms with van der Waals surface area (Å²) in [5.74, 6) is 0.510. The van der Waals surface area contributed by atoms with Gasteiger partial charge in [-0.15, -0.1) is 0 Å². The molecule has 23 heavy (non-hydrogen) atoms. The van der Waals surface area contributed by atoms with E-state index in [1.165, 1.54) is 5.56 Å². The van der Waals surface area contributed by atoms with Gasteiger partial charge < -0.3 is 20.2 Å². The zero-order valence-electron chi connectivity index (χ0n) is 13.1. The molecule has 1 saturated heterocycles. The number of β-amino-alcohol motifs (C(OH)–C–C–N with tert-alkyl or cyclic N) is 1. The van der Waals surface area contributed by atoms with E-state index in [1.54, 1.807) is 6.26 Å². The fourth-order valence-electron chi connectivity index (χ4n) is 2.60. The molecule has 3 rings (SSSR count). The van der Waals surface area contributed by atoms with E-state index in [1.807, 2.05) is 31.2 Å². The van der Waals surface area contributed by atoms with E-state index in [4.69, 9.17) is 4.42 Å². The molecule has 3 N–H and O–H groups in total. The van der Waals surface area contributed by atoms with Gasteiger partial charge in [0.15, 0.2) is 0 Å². The van der Waals surface area contributed by atoms with Crippen molar-refractivity contribution in [2.24, 2.45) is 0 Å². The van der Waals surface area contributed by atoms with E-state index in [2.05, 4.69) is 15.6 Å². The molecule has 1 aliphatic heterocycles. The van der Waals surface area contributed by atoms with Gasteiger partial charge in [-0.1, -0.05) is 17.7 Å². The van der Waals surface area contributed by atoms with Crippen molar-refractivity contribution in [1.29, 1.82) is 0 Å². The third-order valence-electron chi connectivity index (χ3n) is 3.95. The highest BCUT2D eigenvalue weighted by Crippen LogP contribution is 2.19. The summed E-state index contributed by atoms with van der Waals surface area (Å²) in [5, 5.41) is 15.3. The molecule has 1 aromatic carbocycles. The summed E-state index contributed by atoms with van der Waals surface area (Å²) in [7, 11) is 0. The largest absolute Gasteiger partial charge is 0.444 e. The molecular weight excluding hydrogens is 294 g/mol. The van der Waals surface area contributed by atoms with E-state index >= 15 is 0 Å². The van der Waals surface area contributed by atoms with Gasteiger partial charge >= 0.3 is 0 Å². The van der Waals surface area contributed by atoms with Crippen LogP contribution in [0.3, 0.4) is 0 Å². The van der Waals surface area contributed by atoms with Crippen LogP contribution in [0.1, 0.15) is 17.7 Å². The summed E-state index contributed by atoms with van der Waals surface area (Å²) in [6.45, 7) is 3.00. The Morgan fingerprint density at radius 3 is 2.91 bits per heavy atom. The number of carbonyl (C=O) groups is 1. The highest BCUT2D eigenvalue weighted by molar-refractivity contribution is 5.82. The van der Waals surface area contributed by atoms with E-state index < -0.39 is 6.10 Å². The number of aryl methyl sites for hydroxylation is 1.